The van der Waals surface area contributed by atoms with E-state index in [1.165, 1.54) is 17.4 Å². The van der Waals surface area contributed by atoms with Gasteiger partial charge in [-0.2, -0.15) is 0 Å². The SMILES string of the molecule is O=S(=O)(Nc1ncc(C(Oc2ccc3cc(Br)ccc3c2)c2ccc(Cl)cc2)s1)c1cccc2cccnc12. The van der Waals surface area contributed by atoms with Crippen LogP contribution >= 0.6 is 38.9 Å². The molecular weight excluding hydrogens is 618 g/mol. The molecule has 2 heterocycles. The number of nitrogens with zero attached hydrogens (tertiary/aromatic N) is 2. The first kappa shape index (κ1) is 25.8. The summed E-state index contributed by atoms with van der Waals surface area (Å²) in [5.41, 5.74) is 1.25. The molecule has 4 aromatic carbocycles. The molecule has 0 radical (unpaired) electrons. The number of fused-ring (bicyclic) bond motifs is 2. The van der Waals surface area contributed by atoms with Crippen LogP contribution in [0.4, 0.5) is 5.13 Å². The van der Waals surface area contributed by atoms with Gasteiger partial charge in [0.25, 0.3) is 10.0 Å². The van der Waals surface area contributed by atoms with Crippen LogP contribution in [-0.4, -0.2) is 18.4 Å². The Kier molecular flexibility index (Phi) is 6.99. The van der Waals surface area contributed by atoms with E-state index in [2.05, 4.69) is 30.6 Å². The zero-order valence-corrected chi connectivity index (χ0v) is 24.1. The van der Waals surface area contributed by atoms with Gasteiger partial charge in [0.15, 0.2) is 11.2 Å². The summed E-state index contributed by atoms with van der Waals surface area (Å²) in [5, 5.41) is 3.68. The number of pyridine rings is 1. The van der Waals surface area contributed by atoms with Crippen molar-refractivity contribution in [2.75, 3.05) is 4.72 Å². The van der Waals surface area contributed by atoms with E-state index in [4.69, 9.17) is 16.3 Å². The molecule has 39 heavy (non-hydrogen) atoms. The van der Waals surface area contributed by atoms with Gasteiger partial charge in [-0.05, 0) is 64.9 Å². The zero-order valence-electron chi connectivity index (χ0n) is 20.1. The third kappa shape index (κ3) is 5.49. The van der Waals surface area contributed by atoms with E-state index in [1.54, 1.807) is 36.7 Å². The highest BCUT2D eigenvalue weighted by atomic mass is 79.9. The first-order chi connectivity index (χ1) is 18.9. The van der Waals surface area contributed by atoms with Gasteiger partial charge in [0.2, 0.25) is 0 Å². The highest BCUT2D eigenvalue weighted by Gasteiger charge is 2.23. The lowest BCUT2D eigenvalue weighted by molar-refractivity contribution is 0.251. The lowest BCUT2D eigenvalue weighted by Crippen LogP contribution is -2.13. The molecule has 0 aliphatic rings. The maximum atomic E-state index is 13.3. The summed E-state index contributed by atoms with van der Waals surface area (Å²) in [6, 6.07) is 27.9. The summed E-state index contributed by atoms with van der Waals surface area (Å²) in [4.78, 5) is 9.45. The number of nitrogens with one attached hydrogen (secondary N) is 1. The monoisotopic (exact) mass is 635 g/mol. The number of hydrogen-bond donors (Lipinski definition) is 1. The Morgan fingerprint density at radius 3 is 2.49 bits per heavy atom. The van der Waals surface area contributed by atoms with Crippen LogP contribution in [0, 0.1) is 0 Å². The minimum absolute atomic E-state index is 0.0886. The van der Waals surface area contributed by atoms with Crippen LogP contribution in [0.1, 0.15) is 16.5 Å². The van der Waals surface area contributed by atoms with E-state index < -0.39 is 16.1 Å². The standard InChI is InChI=1S/C29H19BrClN3O3S2/c30-22-10-6-21-16-24(13-9-20(21)15-22)37-28(19-7-11-23(31)12-8-19)25-17-33-29(38-25)34-39(35,36)26-5-1-3-18-4-2-14-32-27(18)26/h1-17,28H,(H,33,34). The quantitative estimate of drug-likeness (QED) is 0.191. The number of halogens is 2. The van der Waals surface area contributed by atoms with Crippen molar-refractivity contribution in [3.63, 3.8) is 0 Å². The third-order valence-electron chi connectivity index (χ3n) is 6.09. The summed E-state index contributed by atoms with van der Waals surface area (Å²) in [5.74, 6) is 0.669. The maximum absolute atomic E-state index is 13.3. The Morgan fingerprint density at radius 2 is 1.64 bits per heavy atom. The van der Waals surface area contributed by atoms with Crippen LogP contribution in [0.2, 0.25) is 5.02 Å². The van der Waals surface area contributed by atoms with Crippen molar-refractivity contribution in [2.24, 2.45) is 0 Å². The molecule has 2 aromatic heterocycles. The Balaban J connectivity index is 1.33. The van der Waals surface area contributed by atoms with Gasteiger partial charge in [0.05, 0.1) is 10.4 Å². The normalized spacial score (nSPS) is 12.5. The molecule has 0 spiro atoms. The van der Waals surface area contributed by atoms with Crippen molar-refractivity contribution in [1.82, 2.24) is 9.97 Å². The van der Waals surface area contributed by atoms with Crippen LogP contribution in [0.25, 0.3) is 21.7 Å². The number of rotatable bonds is 7. The fourth-order valence-electron chi connectivity index (χ4n) is 4.25. The van der Waals surface area contributed by atoms with Crippen LogP contribution < -0.4 is 9.46 Å². The van der Waals surface area contributed by atoms with Crippen LogP contribution in [0.3, 0.4) is 0 Å². The van der Waals surface area contributed by atoms with Gasteiger partial charge in [-0.25, -0.2) is 13.4 Å². The van der Waals surface area contributed by atoms with E-state index in [9.17, 15) is 8.42 Å². The van der Waals surface area contributed by atoms with Crippen molar-refractivity contribution in [3.8, 4) is 5.75 Å². The van der Waals surface area contributed by atoms with Gasteiger partial charge in [0.1, 0.15) is 10.6 Å². The Labute approximate surface area is 242 Å². The van der Waals surface area contributed by atoms with Crippen molar-refractivity contribution < 1.29 is 13.2 Å². The molecule has 1 unspecified atom stereocenters. The molecule has 0 bridgehead atoms. The average molecular weight is 637 g/mol. The van der Waals surface area contributed by atoms with E-state index in [0.29, 0.717) is 16.3 Å². The molecule has 10 heteroatoms. The Morgan fingerprint density at radius 1 is 0.872 bits per heavy atom. The van der Waals surface area contributed by atoms with Crippen LogP contribution in [0.15, 0.2) is 113 Å². The number of hydrogen-bond acceptors (Lipinski definition) is 6. The van der Waals surface area contributed by atoms with Gasteiger partial charge >= 0.3 is 0 Å². The highest BCUT2D eigenvalue weighted by Crippen LogP contribution is 2.36. The third-order valence-corrected chi connectivity index (χ3v) is 9.29. The second kappa shape index (κ2) is 10.6. The smallest absolute Gasteiger partial charge is 0.265 e. The van der Waals surface area contributed by atoms with E-state index in [-0.39, 0.29) is 10.0 Å². The van der Waals surface area contributed by atoms with Crippen molar-refractivity contribution >= 4 is 75.7 Å². The highest BCUT2D eigenvalue weighted by molar-refractivity contribution is 9.10. The molecule has 0 aliphatic heterocycles. The lowest BCUT2D eigenvalue weighted by atomic mass is 10.1. The topological polar surface area (TPSA) is 81.2 Å². The fourth-order valence-corrected chi connectivity index (χ4v) is 7.05. The summed E-state index contributed by atoms with van der Waals surface area (Å²) >= 11 is 10.9. The summed E-state index contributed by atoms with van der Waals surface area (Å²) in [7, 11) is -3.94. The largest absolute Gasteiger partial charge is 0.480 e. The second-order valence-electron chi connectivity index (χ2n) is 8.71. The minimum Gasteiger partial charge on any atom is -0.480 e. The van der Waals surface area contributed by atoms with Crippen LogP contribution in [0.5, 0.6) is 5.75 Å². The molecule has 6 rings (SSSR count). The predicted molar refractivity (Wildman–Crippen MR) is 160 cm³/mol. The fraction of sp³-hybridized carbons (Fsp3) is 0.0345. The number of para-hydroxylation sites is 1. The van der Waals surface area contributed by atoms with E-state index >= 15 is 0 Å². The first-order valence-electron chi connectivity index (χ1n) is 11.8. The van der Waals surface area contributed by atoms with Crippen LogP contribution in [-0.2, 0) is 10.0 Å². The molecule has 194 valence electrons. The summed E-state index contributed by atoms with van der Waals surface area (Å²) < 4.78 is 36.7. The predicted octanol–water partition coefficient (Wildman–Crippen LogP) is 8.23. The lowest BCUT2D eigenvalue weighted by Gasteiger charge is -2.19. The molecule has 0 amide bonds. The zero-order chi connectivity index (χ0) is 27.0. The number of thiazole rings is 1. The molecule has 0 saturated heterocycles. The second-order valence-corrected chi connectivity index (χ2v) is 12.8. The minimum atomic E-state index is -3.94. The van der Waals surface area contributed by atoms with Gasteiger partial charge < -0.3 is 4.74 Å². The van der Waals surface area contributed by atoms with Gasteiger partial charge in [-0.15, -0.1) is 0 Å². The molecule has 1 atom stereocenters. The van der Waals surface area contributed by atoms with Gasteiger partial charge in [-0.3, -0.25) is 9.71 Å². The maximum Gasteiger partial charge on any atom is 0.265 e. The molecule has 0 fully saturated rings. The Bertz CT molecular complexity index is 1920. The molecule has 6 aromatic rings. The van der Waals surface area contributed by atoms with Crippen molar-refractivity contribution in [3.05, 3.63) is 123 Å². The number of sulfonamides is 1. The molecular formula is C29H19BrClN3O3S2. The van der Waals surface area contributed by atoms with Crippen molar-refractivity contribution in [1.29, 1.82) is 0 Å². The number of aromatic nitrogens is 2. The van der Waals surface area contributed by atoms with E-state index in [0.717, 1.165) is 31.1 Å². The van der Waals surface area contributed by atoms with Crippen molar-refractivity contribution in [2.45, 2.75) is 11.0 Å². The Hall–Kier alpha value is -3.50. The first-order valence-corrected chi connectivity index (χ1v) is 15.3. The molecule has 6 nitrogen and oxygen atoms in total. The van der Waals surface area contributed by atoms with E-state index in [1.807, 2.05) is 60.7 Å². The summed E-state index contributed by atoms with van der Waals surface area (Å²) in [6.45, 7) is 0. The summed E-state index contributed by atoms with van der Waals surface area (Å²) in [6.07, 6.45) is 2.66. The molecule has 1 N–H and O–H groups in total. The van der Waals surface area contributed by atoms with Gasteiger partial charge in [0, 0.05) is 27.3 Å². The number of benzene rings is 4. The molecule has 0 saturated carbocycles. The number of anilines is 1. The van der Waals surface area contributed by atoms with Gasteiger partial charge in [-0.1, -0.05) is 81.3 Å². The average Bonchev–Trinajstić information content (AvgIpc) is 3.39. The number of ether oxygens (including phenoxy) is 1. The molecule has 0 aliphatic carbocycles.